The third-order valence-corrected chi connectivity index (χ3v) is 5.24. The van der Waals surface area contributed by atoms with E-state index >= 15 is 0 Å². The van der Waals surface area contributed by atoms with Crippen LogP contribution in [0.2, 0.25) is 0 Å². The molecule has 0 unspecified atom stereocenters. The highest BCUT2D eigenvalue weighted by molar-refractivity contribution is 6.18. The summed E-state index contributed by atoms with van der Waals surface area (Å²) in [4.78, 5) is 0. The molecule has 29 heavy (non-hydrogen) atoms. The van der Waals surface area contributed by atoms with Crippen LogP contribution >= 0.6 is 11.6 Å². The Morgan fingerprint density at radius 2 is 1.52 bits per heavy atom. The molecule has 5 nitrogen and oxygen atoms in total. The van der Waals surface area contributed by atoms with Gasteiger partial charge in [0.1, 0.15) is 36.9 Å². The molecule has 160 valence electrons. The Morgan fingerprint density at radius 3 is 2.10 bits per heavy atom. The summed E-state index contributed by atoms with van der Waals surface area (Å²) < 4.78 is 16.2. The van der Waals surface area contributed by atoms with Crippen molar-refractivity contribution < 1.29 is 24.4 Å². The Bertz CT molecular complexity index is 760. The van der Waals surface area contributed by atoms with Gasteiger partial charge in [-0.1, -0.05) is 38.1 Å². The van der Waals surface area contributed by atoms with Crippen LogP contribution in [0.4, 0.5) is 0 Å². The summed E-state index contributed by atoms with van der Waals surface area (Å²) in [6.45, 7) is 6.93. The third-order valence-electron chi connectivity index (χ3n) is 4.88. The normalized spacial score (nSPS) is 13.8. The van der Waals surface area contributed by atoms with Crippen LogP contribution in [0.1, 0.15) is 30.5 Å². The number of ether oxygens (including phenoxy) is 3. The maximum Gasteiger partial charge on any atom is 0.122 e. The van der Waals surface area contributed by atoms with E-state index in [1.165, 1.54) is 0 Å². The van der Waals surface area contributed by atoms with Crippen LogP contribution in [0.25, 0.3) is 0 Å². The number of alkyl halides is 1. The highest BCUT2D eigenvalue weighted by Gasteiger charge is 2.24. The average Bonchev–Trinajstić information content (AvgIpc) is 2.71. The van der Waals surface area contributed by atoms with E-state index in [0.29, 0.717) is 5.75 Å². The number of hydrogen-bond acceptors (Lipinski definition) is 5. The molecule has 0 bridgehead atoms. The molecule has 2 atom stereocenters. The van der Waals surface area contributed by atoms with Crippen molar-refractivity contribution in [3.8, 4) is 11.5 Å². The molecule has 0 aromatic heterocycles. The van der Waals surface area contributed by atoms with Crippen LogP contribution in [-0.2, 0) is 10.2 Å². The van der Waals surface area contributed by atoms with Crippen LogP contribution in [0.15, 0.2) is 42.5 Å². The van der Waals surface area contributed by atoms with Gasteiger partial charge in [-0.2, -0.15) is 0 Å². The first-order chi connectivity index (χ1) is 13.8. The van der Waals surface area contributed by atoms with Gasteiger partial charge < -0.3 is 24.4 Å². The predicted octanol–water partition coefficient (Wildman–Crippen LogP) is 3.69. The quantitative estimate of drug-likeness (QED) is 0.540. The van der Waals surface area contributed by atoms with E-state index in [1.807, 2.05) is 43.3 Å². The molecule has 0 saturated carbocycles. The summed E-state index contributed by atoms with van der Waals surface area (Å²) in [7, 11) is 1.55. The number of aryl methyl sites for hydroxylation is 1. The van der Waals surface area contributed by atoms with Gasteiger partial charge in [0, 0.05) is 12.5 Å². The first kappa shape index (κ1) is 23.5. The van der Waals surface area contributed by atoms with Gasteiger partial charge in [0.05, 0.1) is 12.5 Å². The molecular formula is C23H31ClO5. The van der Waals surface area contributed by atoms with E-state index in [4.69, 9.17) is 25.8 Å². The number of aliphatic hydroxyl groups excluding tert-OH is 2. The second kappa shape index (κ2) is 10.8. The molecule has 0 spiro atoms. The minimum absolute atomic E-state index is 0.148. The zero-order valence-corrected chi connectivity index (χ0v) is 18.3. The van der Waals surface area contributed by atoms with Gasteiger partial charge in [-0.05, 0) is 41.8 Å². The maximum absolute atomic E-state index is 9.69. The van der Waals surface area contributed by atoms with Crippen molar-refractivity contribution in [1.82, 2.24) is 0 Å². The topological polar surface area (TPSA) is 68.2 Å². The van der Waals surface area contributed by atoms with E-state index in [2.05, 4.69) is 19.9 Å². The van der Waals surface area contributed by atoms with Gasteiger partial charge in [0.15, 0.2) is 0 Å². The molecule has 0 radical (unpaired) electrons. The lowest BCUT2D eigenvalue weighted by atomic mass is 9.77. The molecule has 6 heteroatoms. The second-order valence-electron chi connectivity index (χ2n) is 7.67. The van der Waals surface area contributed by atoms with E-state index < -0.39 is 12.2 Å². The second-order valence-corrected chi connectivity index (χ2v) is 7.98. The van der Waals surface area contributed by atoms with E-state index in [0.717, 1.165) is 22.4 Å². The smallest absolute Gasteiger partial charge is 0.122 e. The van der Waals surface area contributed by atoms with E-state index in [-0.39, 0.29) is 31.1 Å². The highest BCUT2D eigenvalue weighted by atomic mass is 35.5. The molecule has 0 saturated heterocycles. The number of aliphatic hydroxyl groups is 2. The molecule has 0 aliphatic heterocycles. The standard InChI is InChI=1S/C23H31ClO5/c1-16-11-18(7-10-22(16)29-14-19(25)12-24)23(2,3)17-5-8-21(9-6-17)28-15-20(26)13-27-4/h5-11,19-20,25-26H,12-15H2,1-4H3/t19-,20-/m1/s1. The summed E-state index contributed by atoms with van der Waals surface area (Å²) in [6, 6.07) is 14.0. The number of methoxy groups -OCH3 is 1. The summed E-state index contributed by atoms with van der Waals surface area (Å²) in [5, 5.41) is 19.3. The molecule has 2 aromatic carbocycles. The summed E-state index contributed by atoms with van der Waals surface area (Å²) in [5.74, 6) is 1.60. The van der Waals surface area contributed by atoms with Crippen molar-refractivity contribution in [3.63, 3.8) is 0 Å². The van der Waals surface area contributed by atoms with E-state index in [1.54, 1.807) is 7.11 Å². The predicted molar refractivity (Wildman–Crippen MR) is 115 cm³/mol. The molecule has 0 aliphatic rings. The molecule has 2 aromatic rings. The van der Waals surface area contributed by atoms with Crippen LogP contribution in [0.5, 0.6) is 11.5 Å². The van der Waals surface area contributed by atoms with Crippen molar-refractivity contribution >= 4 is 11.6 Å². The van der Waals surface area contributed by atoms with Crippen molar-refractivity contribution in [3.05, 3.63) is 59.2 Å². The average molecular weight is 423 g/mol. The fourth-order valence-corrected chi connectivity index (χ4v) is 3.09. The summed E-state index contributed by atoms with van der Waals surface area (Å²) >= 11 is 5.61. The van der Waals surface area contributed by atoms with Gasteiger partial charge >= 0.3 is 0 Å². The van der Waals surface area contributed by atoms with Crippen molar-refractivity contribution in [2.75, 3.05) is 32.8 Å². The fourth-order valence-electron chi connectivity index (χ4n) is 3.00. The Morgan fingerprint density at radius 1 is 0.897 bits per heavy atom. The van der Waals surface area contributed by atoms with Gasteiger partial charge in [0.25, 0.3) is 0 Å². The molecule has 0 fully saturated rings. The number of hydrogen-bond donors (Lipinski definition) is 2. The van der Waals surface area contributed by atoms with Crippen molar-refractivity contribution in [2.24, 2.45) is 0 Å². The fraction of sp³-hybridized carbons (Fsp3) is 0.478. The minimum Gasteiger partial charge on any atom is -0.491 e. The lowest BCUT2D eigenvalue weighted by molar-refractivity contribution is 0.0325. The first-order valence-electron chi connectivity index (χ1n) is 9.66. The Labute approximate surface area is 178 Å². The molecule has 0 amide bonds. The first-order valence-corrected chi connectivity index (χ1v) is 10.2. The van der Waals surface area contributed by atoms with Crippen molar-refractivity contribution in [1.29, 1.82) is 0 Å². The monoisotopic (exact) mass is 422 g/mol. The lowest BCUT2D eigenvalue weighted by Gasteiger charge is -2.27. The Balaban J connectivity index is 2.08. The van der Waals surface area contributed by atoms with Gasteiger partial charge in [-0.25, -0.2) is 0 Å². The summed E-state index contributed by atoms with van der Waals surface area (Å²) in [6.07, 6.45) is -1.33. The Hall–Kier alpha value is -1.79. The zero-order chi connectivity index (χ0) is 21.4. The van der Waals surface area contributed by atoms with Crippen LogP contribution in [-0.4, -0.2) is 55.2 Å². The third kappa shape index (κ3) is 6.61. The van der Waals surface area contributed by atoms with Gasteiger partial charge in [-0.3, -0.25) is 0 Å². The van der Waals surface area contributed by atoms with Gasteiger partial charge in [0.2, 0.25) is 0 Å². The van der Waals surface area contributed by atoms with E-state index in [9.17, 15) is 10.2 Å². The minimum atomic E-state index is -0.677. The van der Waals surface area contributed by atoms with Gasteiger partial charge in [-0.15, -0.1) is 11.6 Å². The molecule has 0 aliphatic carbocycles. The highest BCUT2D eigenvalue weighted by Crippen LogP contribution is 2.34. The van der Waals surface area contributed by atoms with Crippen molar-refractivity contribution in [2.45, 2.75) is 38.4 Å². The zero-order valence-electron chi connectivity index (χ0n) is 17.5. The SMILES string of the molecule is COC[C@@H](O)COc1ccc(C(C)(C)c2ccc(OC[C@H](O)CCl)c(C)c2)cc1. The number of benzene rings is 2. The van der Waals surface area contributed by atoms with Crippen LogP contribution < -0.4 is 9.47 Å². The Kier molecular flexibility index (Phi) is 8.78. The molecule has 2 rings (SSSR count). The van der Waals surface area contributed by atoms with Crippen LogP contribution in [0, 0.1) is 6.92 Å². The molecular weight excluding hydrogens is 392 g/mol. The molecule has 0 heterocycles. The largest absolute Gasteiger partial charge is 0.491 e. The maximum atomic E-state index is 9.69. The molecule has 2 N–H and O–H groups in total. The number of halogens is 1. The summed E-state index contributed by atoms with van der Waals surface area (Å²) in [5.41, 5.74) is 3.09. The lowest BCUT2D eigenvalue weighted by Crippen LogP contribution is -2.23. The number of rotatable bonds is 11. The van der Waals surface area contributed by atoms with Crippen LogP contribution in [0.3, 0.4) is 0 Å².